The van der Waals surface area contributed by atoms with Crippen LogP contribution in [0.1, 0.15) is 23.9 Å². The minimum atomic E-state index is -0.390. The number of hydrogen-bond donors (Lipinski definition) is 3. The topological polar surface area (TPSA) is 113 Å². The van der Waals surface area contributed by atoms with Gasteiger partial charge in [0.05, 0.1) is 23.6 Å². The number of carbonyl (C=O) groups excluding carboxylic acids is 1. The summed E-state index contributed by atoms with van der Waals surface area (Å²) in [7, 11) is 0. The SMILES string of the molecule is O=C(CCn1[nH]c(=O)ccc1=O)NC(Cc1ccccc1)c1nc2ccccc2[nH]1. The van der Waals surface area contributed by atoms with Crippen LogP contribution in [0.5, 0.6) is 0 Å². The van der Waals surface area contributed by atoms with Crippen molar-refractivity contribution in [2.75, 3.05) is 0 Å². The van der Waals surface area contributed by atoms with Crippen molar-refractivity contribution in [2.24, 2.45) is 0 Å². The Hall–Kier alpha value is -3.94. The predicted molar refractivity (Wildman–Crippen MR) is 113 cm³/mol. The summed E-state index contributed by atoms with van der Waals surface area (Å²) in [6, 6.07) is 19.5. The molecule has 2 aromatic heterocycles. The Morgan fingerprint density at radius 3 is 2.57 bits per heavy atom. The van der Waals surface area contributed by atoms with Crippen LogP contribution in [0.15, 0.2) is 76.3 Å². The number of nitrogens with one attached hydrogen (secondary N) is 3. The first-order chi connectivity index (χ1) is 14.6. The molecule has 1 unspecified atom stereocenters. The van der Waals surface area contributed by atoms with Gasteiger partial charge >= 0.3 is 0 Å². The molecule has 2 heterocycles. The summed E-state index contributed by atoms with van der Waals surface area (Å²) in [6.45, 7) is 0.0823. The standard InChI is InChI=1S/C22H21N5O3/c28-19(12-13-27-21(30)11-10-20(29)26-27)23-18(14-15-6-2-1-3-7-15)22-24-16-8-4-5-9-17(16)25-22/h1-11,18H,12-14H2,(H,23,28)(H,24,25)(H,26,29). The molecule has 0 aliphatic heterocycles. The third kappa shape index (κ3) is 4.54. The van der Waals surface area contributed by atoms with E-state index in [1.54, 1.807) is 0 Å². The molecule has 30 heavy (non-hydrogen) atoms. The minimum Gasteiger partial charge on any atom is -0.346 e. The molecule has 0 aliphatic rings. The van der Waals surface area contributed by atoms with Crippen molar-refractivity contribution in [1.82, 2.24) is 25.1 Å². The van der Waals surface area contributed by atoms with Crippen LogP contribution in [-0.4, -0.2) is 25.7 Å². The maximum Gasteiger partial charge on any atom is 0.265 e. The minimum absolute atomic E-state index is 0.0470. The fourth-order valence-corrected chi connectivity index (χ4v) is 3.31. The van der Waals surface area contributed by atoms with E-state index in [0.29, 0.717) is 12.2 Å². The van der Waals surface area contributed by atoms with Crippen LogP contribution < -0.4 is 16.4 Å². The van der Waals surface area contributed by atoms with Crippen LogP contribution in [0.2, 0.25) is 0 Å². The molecule has 0 fully saturated rings. The first kappa shape index (κ1) is 19.4. The maximum atomic E-state index is 12.6. The average Bonchev–Trinajstić information content (AvgIpc) is 3.19. The molecule has 0 bridgehead atoms. The van der Waals surface area contributed by atoms with E-state index in [1.807, 2.05) is 54.6 Å². The number of aromatic amines is 2. The molecular formula is C22H21N5O3. The highest BCUT2D eigenvalue weighted by atomic mass is 16.2. The van der Waals surface area contributed by atoms with Crippen molar-refractivity contribution in [1.29, 1.82) is 0 Å². The molecular weight excluding hydrogens is 382 g/mol. The molecule has 8 nitrogen and oxygen atoms in total. The molecule has 8 heteroatoms. The van der Waals surface area contributed by atoms with Crippen molar-refractivity contribution < 1.29 is 4.79 Å². The van der Waals surface area contributed by atoms with E-state index in [2.05, 4.69) is 20.4 Å². The fourth-order valence-electron chi connectivity index (χ4n) is 3.31. The van der Waals surface area contributed by atoms with Gasteiger partial charge in [0.2, 0.25) is 5.91 Å². The van der Waals surface area contributed by atoms with E-state index in [4.69, 9.17) is 0 Å². The molecule has 0 radical (unpaired) electrons. The fraction of sp³-hybridized carbons (Fsp3) is 0.182. The monoisotopic (exact) mass is 403 g/mol. The van der Waals surface area contributed by atoms with Gasteiger partial charge in [-0.05, 0) is 24.1 Å². The number of amides is 1. The molecule has 1 amide bonds. The molecule has 2 aromatic carbocycles. The normalized spacial score (nSPS) is 12.0. The number of imidazole rings is 1. The number of para-hydroxylation sites is 2. The number of nitrogens with zero attached hydrogens (tertiary/aromatic N) is 2. The highest BCUT2D eigenvalue weighted by molar-refractivity contribution is 5.77. The number of H-pyrrole nitrogens is 2. The van der Waals surface area contributed by atoms with Crippen molar-refractivity contribution in [3.05, 3.63) is 98.8 Å². The van der Waals surface area contributed by atoms with Crippen molar-refractivity contribution in [2.45, 2.75) is 25.4 Å². The molecule has 3 N–H and O–H groups in total. The number of benzene rings is 2. The van der Waals surface area contributed by atoms with E-state index in [0.717, 1.165) is 27.3 Å². The third-order valence-electron chi connectivity index (χ3n) is 4.81. The predicted octanol–water partition coefficient (Wildman–Crippen LogP) is 1.90. The van der Waals surface area contributed by atoms with Gasteiger partial charge in [-0.15, -0.1) is 0 Å². The number of rotatable bonds is 7. The average molecular weight is 403 g/mol. The number of hydrogen-bond acceptors (Lipinski definition) is 4. The zero-order valence-electron chi connectivity index (χ0n) is 16.2. The summed E-state index contributed by atoms with van der Waals surface area (Å²) in [6.07, 6.45) is 0.611. The lowest BCUT2D eigenvalue weighted by Gasteiger charge is -2.17. The summed E-state index contributed by atoms with van der Waals surface area (Å²) < 4.78 is 1.13. The van der Waals surface area contributed by atoms with E-state index in [-0.39, 0.29) is 36.0 Å². The summed E-state index contributed by atoms with van der Waals surface area (Å²) in [5.41, 5.74) is 2.04. The van der Waals surface area contributed by atoms with Crippen LogP contribution in [0.4, 0.5) is 0 Å². The zero-order valence-corrected chi connectivity index (χ0v) is 16.2. The van der Waals surface area contributed by atoms with Gasteiger partial charge in [0, 0.05) is 18.6 Å². The molecule has 1 atom stereocenters. The van der Waals surface area contributed by atoms with Gasteiger partial charge in [0.15, 0.2) is 0 Å². The van der Waals surface area contributed by atoms with E-state index in [1.165, 1.54) is 6.07 Å². The molecule has 4 rings (SSSR count). The Labute approximate surface area is 171 Å². The van der Waals surface area contributed by atoms with Gasteiger partial charge < -0.3 is 10.3 Å². The second kappa shape index (κ2) is 8.60. The quantitative estimate of drug-likeness (QED) is 0.437. The smallest absolute Gasteiger partial charge is 0.265 e. The summed E-state index contributed by atoms with van der Waals surface area (Å²) in [5, 5.41) is 5.43. The zero-order chi connectivity index (χ0) is 20.9. The molecule has 0 saturated carbocycles. The van der Waals surface area contributed by atoms with Gasteiger partial charge in [-0.25, -0.2) is 9.67 Å². The van der Waals surface area contributed by atoms with Crippen LogP contribution in [0.25, 0.3) is 11.0 Å². The van der Waals surface area contributed by atoms with Crippen molar-refractivity contribution in [3.8, 4) is 0 Å². The van der Waals surface area contributed by atoms with E-state index >= 15 is 0 Å². The van der Waals surface area contributed by atoms with Crippen LogP contribution in [0, 0.1) is 0 Å². The van der Waals surface area contributed by atoms with E-state index in [9.17, 15) is 14.4 Å². The van der Waals surface area contributed by atoms with Crippen LogP contribution in [-0.2, 0) is 17.8 Å². The molecule has 0 spiro atoms. The highest BCUT2D eigenvalue weighted by Gasteiger charge is 2.19. The number of fused-ring (bicyclic) bond motifs is 1. The molecule has 152 valence electrons. The lowest BCUT2D eigenvalue weighted by atomic mass is 10.1. The first-order valence-electron chi connectivity index (χ1n) is 9.66. The van der Waals surface area contributed by atoms with Crippen molar-refractivity contribution in [3.63, 3.8) is 0 Å². The second-order valence-corrected chi connectivity index (χ2v) is 7.00. The molecule has 4 aromatic rings. The van der Waals surface area contributed by atoms with E-state index < -0.39 is 0 Å². The number of carbonyl (C=O) groups is 1. The van der Waals surface area contributed by atoms with Gasteiger partial charge in [0.1, 0.15) is 5.82 Å². The summed E-state index contributed by atoms with van der Waals surface area (Å²) >= 11 is 0. The Kier molecular flexibility index (Phi) is 5.56. The Bertz CT molecular complexity index is 1240. The molecule has 0 aliphatic carbocycles. The second-order valence-electron chi connectivity index (χ2n) is 7.00. The van der Waals surface area contributed by atoms with Gasteiger partial charge in [-0.2, -0.15) is 0 Å². The summed E-state index contributed by atoms with van der Waals surface area (Å²) in [4.78, 5) is 43.8. The first-order valence-corrected chi connectivity index (χ1v) is 9.66. The van der Waals surface area contributed by atoms with Crippen molar-refractivity contribution >= 4 is 16.9 Å². The van der Waals surface area contributed by atoms with Gasteiger partial charge in [0.25, 0.3) is 11.1 Å². The number of aromatic nitrogens is 4. The highest BCUT2D eigenvalue weighted by Crippen LogP contribution is 2.20. The van der Waals surface area contributed by atoms with Gasteiger partial charge in [-0.3, -0.25) is 19.5 Å². The van der Waals surface area contributed by atoms with Crippen LogP contribution in [0.3, 0.4) is 0 Å². The van der Waals surface area contributed by atoms with Gasteiger partial charge in [-0.1, -0.05) is 42.5 Å². The Morgan fingerprint density at radius 2 is 1.77 bits per heavy atom. The lowest BCUT2D eigenvalue weighted by molar-refractivity contribution is -0.122. The number of aryl methyl sites for hydroxylation is 1. The largest absolute Gasteiger partial charge is 0.346 e. The third-order valence-corrected chi connectivity index (χ3v) is 4.81. The van der Waals surface area contributed by atoms with Crippen LogP contribution >= 0.6 is 0 Å². The molecule has 0 saturated heterocycles. The maximum absolute atomic E-state index is 12.6. The Balaban J connectivity index is 1.53. The summed E-state index contributed by atoms with van der Waals surface area (Å²) in [5.74, 6) is 0.423. The lowest BCUT2D eigenvalue weighted by Crippen LogP contribution is -2.34. The Morgan fingerprint density at radius 1 is 1.00 bits per heavy atom.